The van der Waals surface area contributed by atoms with Crippen LogP contribution in [0.1, 0.15) is 11.1 Å². The van der Waals surface area contributed by atoms with E-state index in [1.807, 2.05) is 0 Å². The SMILES string of the molecule is Cc1c(F)cc(N)c(Cl)c1C. The third kappa shape index (κ3) is 1.31. The van der Waals surface area contributed by atoms with Crippen molar-refractivity contribution >= 4 is 17.3 Å². The summed E-state index contributed by atoms with van der Waals surface area (Å²) in [4.78, 5) is 0. The molecule has 0 aliphatic rings. The van der Waals surface area contributed by atoms with Crippen molar-refractivity contribution in [1.29, 1.82) is 0 Å². The zero-order valence-corrected chi connectivity index (χ0v) is 7.17. The van der Waals surface area contributed by atoms with Crippen LogP contribution in [0.3, 0.4) is 0 Å². The van der Waals surface area contributed by atoms with Gasteiger partial charge in [0.05, 0.1) is 10.7 Å². The average Bonchev–Trinajstić information content (AvgIpc) is 1.97. The molecule has 60 valence electrons. The Bertz CT molecular complexity index is 270. The molecule has 11 heavy (non-hydrogen) atoms. The number of hydrogen-bond acceptors (Lipinski definition) is 1. The quantitative estimate of drug-likeness (QED) is 0.600. The fourth-order valence-electron chi connectivity index (χ4n) is 0.868. The standard InChI is InChI=1S/C8H9ClFN/c1-4-5(2)8(9)7(11)3-6(4)10/h3H,11H2,1-2H3. The zero-order chi connectivity index (χ0) is 8.59. The number of benzene rings is 1. The van der Waals surface area contributed by atoms with Crippen molar-refractivity contribution in [1.82, 2.24) is 0 Å². The molecule has 0 fully saturated rings. The lowest BCUT2D eigenvalue weighted by Crippen LogP contribution is -1.94. The maximum atomic E-state index is 12.9. The molecule has 0 radical (unpaired) electrons. The Morgan fingerprint density at radius 3 is 2.45 bits per heavy atom. The van der Waals surface area contributed by atoms with Crippen molar-refractivity contribution in [3.63, 3.8) is 0 Å². The Labute approximate surface area is 70.0 Å². The van der Waals surface area contributed by atoms with Crippen molar-refractivity contribution in [2.75, 3.05) is 5.73 Å². The molecule has 0 aliphatic heterocycles. The van der Waals surface area contributed by atoms with Crippen LogP contribution < -0.4 is 5.73 Å². The number of nitrogen functional groups attached to an aromatic ring is 1. The van der Waals surface area contributed by atoms with Gasteiger partial charge in [0.25, 0.3) is 0 Å². The van der Waals surface area contributed by atoms with E-state index in [-0.39, 0.29) is 5.82 Å². The zero-order valence-electron chi connectivity index (χ0n) is 6.41. The molecule has 2 N–H and O–H groups in total. The molecule has 1 aromatic rings. The van der Waals surface area contributed by atoms with Crippen LogP contribution in [-0.4, -0.2) is 0 Å². The Kier molecular flexibility index (Phi) is 2.05. The van der Waals surface area contributed by atoms with Gasteiger partial charge in [0.15, 0.2) is 0 Å². The van der Waals surface area contributed by atoms with E-state index in [2.05, 4.69) is 0 Å². The van der Waals surface area contributed by atoms with Gasteiger partial charge < -0.3 is 5.73 Å². The van der Waals surface area contributed by atoms with Crippen LogP contribution in [0.4, 0.5) is 10.1 Å². The first-order valence-electron chi connectivity index (χ1n) is 3.24. The van der Waals surface area contributed by atoms with Crippen molar-refractivity contribution in [3.05, 3.63) is 28.0 Å². The summed E-state index contributed by atoms with van der Waals surface area (Å²) in [5.74, 6) is -0.301. The molecule has 0 unspecified atom stereocenters. The predicted octanol–water partition coefficient (Wildman–Crippen LogP) is 2.68. The Balaban J connectivity index is 3.46. The van der Waals surface area contributed by atoms with E-state index in [9.17, 15) is 4.39 Å². The first kappa shape index (κ1) is 8.34. The smallest absolute Gasteiger partial charge is 0.128 e. The van der Waals surface area contributed by atoms with Gasteiger partial charge in [-0.05, 0) is 31.0 Å². The molecule has 0 bridgehead atoms. The molecule has 1 nitrogen and oxygen atoms in total. The van der Waals surface area contributed by atoms with Crippen LogP contribution in [0.15, 0.2) is 6.07 Å². The second kappa shape index (κ2) is 2.70. The van der Waals surface area contributed by atoms with E-state index < -0.39 is 0 Å². The van der Waals surface area contributed by atoms with Gasteiger partial charge in [-0.3, -0.25) is 0 Å². The molecule has 0 aliphatic carbocycles. The van der Waals surface area contributed by atoms with Gasteiger partial charge in [-0.2, -0.15) is 0 Å². The number of hydrogen-bond donors (Lipinski definition) is 1. The summed E-state index contributed by atoms with van der Waals surface area (Å²) >= 11 is 5.76. The molecule has 0 saturated carbocycles. The summed E-state index contributed by atoms with van der Waals surface area (Å²) in [5.41, 5.74) is 6.99. The first-order chi connectivity index (χ1) is 5.04. The summed E-state index contributed by atoms with van der Waals surface area (Å²) in [6, 6.07) is 1.24. The summed E-state index contributed by atoms with van der Waals surface area (Å²) in [6.07, 6.45) is 0. The Morgan fingerprint density at radius 2 is 1.91 bits per heavy atom. The summed E-state index contributed by atoms with van der Waals surface area (Å²) < 4.78 is 12.9. The van der Waals surface area contributed by atoms with Gasteiger partial charge >= 0.3 is 0 Å². The molecule has 3 heteroatoms. The van der Waals surface area contributed by atoms with Crippen LogP contribution in [0.25, 0.3) is 0 Å². The Hall–Kier alpha value is -0.760. The number of halogens is 2. The highest BCUT2D eigenvalue weighted by atomic mass is 35.5. The minimum atomic E-state index is -0.301. The van der Waals surface area contributed by atoms with Crippen LogP contribution in [0, 0.1) is 19.7 Å². The summed E-state index contributed by atoms with van der Waals surface area (Å²) in [5, 5.41) is 0.448. The first-order valence-corrected chi connectivity index (χ1v) is 3.62. The lowest BCUT2D eigenvalue weighted by Gasteiger charge is -2.06. The largest absolute Gasteiger partial charge is 0.397 e. The molecule has 0 spiro atoms. The van der Waals surface area contributed by atoms with Gasteiger partial charge in [-0.1, -0.05) is 11.6 Å². The van der Waals surface area contributed by atoms with Crippen LogP contribution >= 0.6 is 11.6 Å². The second-order valence-electron chi connectivity index (χ2n) is 2.51. The van der Waals surface area contributed by atoms with E-state index in [1.54, 1.807) is 13.8 Å². The molecular formula is C8H9ClFN. The van der Waals surface area contributed by atoms with E-state index >= 15 is 0 Å². The molecular weight excluding hydrogens is 165 g/mol. The van der Waals surface area contributed by atoms with E-state index in [1.165, 1.54) is 6.07 Å². The van der Waals surface area contributed by atoms with Crippen LogP contribution in [0.2, 0.25) is 5.02 Å². The molecule has 0 aromatic heterocycles. The fraction of sp³-hybridized carbons (Fsp3) is 0.250. The average molecular weight is 174 g/mol. The van der Waals surface area contributed by atoms with Crippen molar-refractivity contribution in [2.45, 2.75) is 13.8 Å². The predicted molar refractivity (Wildman–Crippen MR) is 45.3 cm³/mol. The maximum absolute atomic E-state index is 12.9. The van der Waals surface area contributed by atoms with E-state index in [0.29, 0.717) is 21.8 Å². The monoisotopic (exact) mass is 173 g/mol. The van der Waals surface area contributed by atoms with Gasteiger partial charge in [0.2, 0.25) is 0 Å². The summed E-state index contributed by atoms with van der Waals surface area (Å²) in [7, 11) is 0. The molecule has 0 saturated heterocycles. The van der Waals surface area contributed by atoms with Crippen LogP contribution in [0.5, 0.6) is 0 Å². The van der Waals surface area contributed by atoms with E-state index in [4.69, 9.17) is 17.3 Å². The fourth-order valence-corrected chi connectivity index (χ4v) is 1.06. The molecule has 0 amide bonds. The Morgan fingerprint density at radius 1 is 1.36 bits per heavy atom. The van der Waals surface area contributed by atoms with Gasteiger partial charge in [0.1, 0.15) is 5.82 Å². The summed E-state index contributed by atoms with van der Waals surface area (Å²) in [6.45, 7) is 3.42. The molecule has 1 rings (SSSR count). The number of anilines is 1. The van der Waals surface area contributed by atoms with Crippen molar-refractivity contribution < 1.29 is 4.39 Å². The highest BCUT2D eigenvalue weighted by Gasteiger charge is 2.07. The molecule has 1 aromatic carbocycles. The minimum Gasteiger partial charge on any atom is -0.397 e. The highest BCUT2D eigenvalue weighted by molar-refractivity contribution is 6.33. The lowest BCUT2D eigenvalue weighted by molar-refractivity contribution is 0.617. The topological polar surface area (TPSA) is 26.0 Å². The lowest BCUT2D eigenvalue weighted by atomic mass is 10.1. The van der Waals surface area contributed by atoms with Gasteiger partial charge in [-0.15, -0.1) is 0 Å². The second-order valence-corrected chi connectivity index (χ2v) is 2.89. The van der Waals surface area contributed by atoms with Crippen LogP contribution in [-0.2, 0) is 0 Å². The van der Waals surface area contributed by atoms with E-state index in [0.717, 1.165) is 0 Å². The third-order valence-electron chi connectivity index (χ3n) is 1.79. The van der Waals surface area contributed by atoms with Gasteiger partial charge in [0, 0.05) is 0 Å². The highest BCUT2D eigenvalue weighted by Crippen LogP contribution is 2.27. The number of rotatable bonds is 0. The molecule has 0 heterocycles. The van der Waals surface area contributed by atoms with Crippen molar-refractivity contribution in [2.24, 2.45) is 0 Å². The van der Waals surface area contributed by atoms with Crippen molar-refractivity contribution in [3.8, 4) is 0 Å². The third-order valence-corrected chi connectivity index (χ3v) is 2.29. The molecule has 0 atom stereocenters. The minimum absolute atomic E-state index is 0.298. The number of nitrogens with two attached hydrogens (primary N) is 1. The maximum Gasteiger partial charge on any atom is 0.128 e. The normalized spacial score (nSPS) is 10.2. The van der Waals surface area contributed by atoms with Gasteiger partial charge in [-0.25, -0.2) is 4.39 Å².